The van der Waals surface area contributed by atoms with Gasteiger partial charge in [0.05, 0.1) is 18.5 Å². The Morgan fingerprint density at radius 1 is 1.19 bits per heavy atom. The van der Waals surface area contributed by atoms with Gasteiger partial charge in [-0.2, -0.15) is 0 Å². The fraction of sp³-hybridized carbons (Fsp3) is 0.650. The third-order valence-corrected chi connectivity index (χ3v) is 5.74. The molecule has 0 bridgehead atoms. The highest BCUT2D eigenvalue weighted by atomic mass is 16.5. The highest BCUT2D eigenvalue weighted by Gasteiger charge is 2.29. The molecule has 27 heavy (non-hydrogen) atoms. The molecule has 0 amide bonds. The molecule has 2 saturated heterocycles. The summed E-state index contributed by atoms with van der Waals surface area (Å²) in [5, 5.41) is 3.61. The van der Waals surface area contributed by atoms with Crippen LogP contribution in [0.1, 0.15) is 45.6 Å². The van der Waals surface area contributed by atoms with Gasteiger partial charge in [-0.05, 0) is 31.6 Å². The number of nitrogens with zero attached hydrogens (tertiary/aromatic N) is 5. The minimum absolute atomic E-state index is 0.239. The average molecular weight is 371 g/mol. The number of rotatable bonds is 5. The molecule has 2 aliphatic rings. The summed E-state index contributed by atoms with van der Waals surface area (Å²) in [7, 11) is 0. The van der Waals surface area contributed by atoms with E-state index in [0.717, 1.165) is 57.0 Å². The molecule has 2 fully saturated rings. The van der Waals surface area contributed by atoms with Gasteiger partial charge in [0, 0.05) is 44.2 Å². The van der Waals surface area contributed by atoms with Crippen LogP contribution in [0.4, 0.5) is 11.6 Å². The predicted octanol–water partition coefficient (Wildman–Crippen LogP) is 3.13. The summed E-state index contributed by atoms with van der Waals surface area (Å²) in [5.74, 6) is 2.40. The molecule has 4 rings (SSSR count). The Morgan fingerprint density at radius 2 is 2.04 bits per heavy atom. The van der Waals surface area contributed by atoms with Crippen LogP contribution in [-0.4, -0.2) is 51.4 Å². The lowest BCUT2D eigenvalue weighted by Gasteiger charge is -2.36. The van der Waals surface area contributed by atoms with Crippen LogP contribution in [0.3, 0.4) is 0 Å². The molecule has 146 valence electrons. The lowest BCUT2D eigenvalue weighted by Crippen LogP contribution is -2.43. The number of ether oxygens (including phenoxy) is 1. The number of anilines is 2. The summed E-state index contributed by atoms with van der Waals surface area (Å²) < 4.78 is 8.22. The van der Waals surface area contributed by atoms with Gasteiger partial charge in [-0.1, -0.05) is 13.8 Å². The van der Waals surface area contributed by atoms with Crippen molar-refractivity contribution in [1.82, 2.24) is 19.5 Å². The van der Waals surface area contributed by atoms with Crippen molar-refractivity contribution in [2.24, 2.45) is 5.92 Å². The third-order valence-electron chi connectivity index (χ3n) is 5.74. The van der Waals surface area contributed by atoms with E-state index in [2.05, 4.69) is 55.8 Å². The second-order valence-corrected chi connectivity index (χ2v) is 7.96. The van der Waals surface area contributed by atoms with Gasteiger partial charge >= 0.3 is 0 Å². The van der Waals surface area contributed by atoms with Gasteiger partial charge in [0.2, 0.25) is 0 Å². The molecule has 4 heterocycles. The Labute approximate surface area is 161 Å². The molecule has 0 aromatic carbocycles. The molecular formula is C20H30N6O. The molecule has 7 nitrogen and oxygen atoms in total. The first-order valence-corrected chi connectivity index (χ1v) is 10.1. The van der Waals surface area contributed by atoms with Gasteiger partial charge < -0.3 is 19.5 Å². The van der Waals surface area contributed by atoms with Crippen molar-refractivity contribution in [2.45, 2.75) is 57.7 Å². The van der Waals surface area contributed by atoms with Crippen LogP contribution in [-0.2, 0) is 4.74 Å². The third kappa shape index (κ3) is 4.24. The maximum Gasteiger partial charge on any atom is 0.134 e. The van der Waals surface area contributed by atoms with Gasteiger partial charge in [0.15, 0.2) is 0 Å². The van der Waals surface area contributed by atoms with Gasteiger partial charge in [-0.3, -0.25) is 0 Å². The number of hydrogen-bond acceptors (Lipinski definition) is 6. The van der Waals surface area contributed by atoms with Crippen molar-refractivity contribution in [3.8, 4) is 0 Å². The molecule has 2 unspecified atom stereocenters. The standard InChI is InChI=1S/C20H30N6O/c1-15(2)20-17(4-3-11-27-20)24-18-12-19(23-13-22-18)25-8-5-16(6-9-25)26-10-7-21-14-26/h7,10,12-17,20H,3-6,8-9,11H2,1-2H3,(H,22,23,24). The first kappa shape index (κ1) is 18.2. The molecule has 7 heteroatoms. The van der Waals surface area contributed by atoms with E-state index in [1.807, 2.05) is 12.5 Å². The number of hydrogen-bond donors (Lipinski definition) is 1. The minimum Gasteiger partial charge on any atom is -0.376 e. The van der Waals surface area contributed by atoms with E-state index in [9.17, 15) is 0 Å². The lowest BCUT2D eigenvalue weighted by atomic mass is 9.93. The second-order valence-electron chi connectivity index (χ2n) is 7.96. The molecule has 1 N–H and O–H groups in total. The lowest BCUT2D eigenvalue weighted by molar-refractivity contribution is -0.0203. The smallest absolute Gasteiger partial charge is 0.134 e. The van der Waals surface area contributed by atoms with Crippen molar-refractivity contribution in [3.63, 3.8) is 0 Å². The highest BCUT2D eigenvalue weighted by Crippen LogP contribution is 2.27. The number of piperidine rings is 1. The van der Waals surface area contributed by atoms with E-state index in [4.69, 9.17) is 4.74 Å². The quantitative estimate of drug-likeness (QED) is 0.872. The average Bonchev–Trinajstić information content (AvgIpc) is 3.23. The molecule has 0 saturated carbocycles. The van der Waals surface area contributed by atoms with Crippen molar-refractivity contribution in [2.75, 3.05) is 29.9 Å². The van der Waals surface area contributed by atoms with Crippen LogP contribution >= 0.6 is 0 Å². The topological polar surface area (TPSA) is 68.1 Å². The van der Waals surface area contributed by atoms with Crippen molar-refractivity contribution in [1.29, 1.82) is 0 Å². The first-order chi connectivity index (χ1) is 13.2. The van der Waals surface area contributed by atoms with E-state index < -0.39 is 0 Å². The number of imidazole rings is 1. The van der Waals surface area contributed by atoms with Crippen LogP contribution < -0.4 is 10.2 Å². The Hall–Kier alpha value is -2.15. The summed E-state index contributed by atoms with van der Waals surface area (Å²) in [6, 6.07) is 2.94. The van der Waals surface area contributed by atoms with Crippen molar-refractivity contribution >= 4 is 11.6 Å². The summed E-state index contributed by atoms with van der Waals surface area (Å²) in [6.45, 7) is 7.31. The summed E-state index contributed by atoms with van der Waals surface area (Å²) in [4.78, 5) is 15.5. The molecule has 2 aliphatic heterocycles. The molecule has 2 atom stereocenters. The predicted molar refractivity (Wildman–Crippen MR) is 106 cm³/mol. The number of aromatic nitrogens is 4. The van der Waals surface area contributed by atoms with Crippen molar-refractivity contribution < 1.29 is 4.74 Å². The Morgan fingerprint density at radius 3 is 2.78 bits per heavy atom. The van der Waals surface area contributed by atoms with Crippen LogP contribution in [0.25, 0.3) is 0 Å². The zero-order chi connectivity index (χ0) is 18.6. The van der Waals surface area contributed by atoms with E-state index in [1.54, 1.807) is 6.33 Å². The zero-order valence-electron chi connectivity index (χ0n) is 16.3. The zero-order valence-corrected chi connectivity index (χ0v) is 16.3. The summed E-state index contributed by atoms with van der Waals surface area (Å²) in [6.07, 6.45) is 12.2. The SMILES string of the molecule is CC(C)C1OCCCC1Nc1cc(N2CCC(n3ccnc3)CC2)ncn1. The molecule has 0 aliphatic carbocycles. The van der Waals surface area contributed by atoms with E-state index >= 15 is 0 Å². The molecule has 0 spiro atoms. The fourth-order valence-electron chi connectivity index (χ4n) is 4.28. The van der Waals surface area contributed by atoms with Gasteiger partial charge in [0.1, 0.15) is 18.0 Å². The second kappa shape index (κ2) is 8.25. The minimum atomic E-state index is 0.239. The molecular weight excluding hydrogens is 340 g/mol. The molecule has 2 aromatic rings. The van der Waals surface area contributed by atoms with Crippen LogP contribution in [0.2, 0.25) is 0 Å². The van der Waals surface area contributed by atoms with Crippen LogP contribution in [0, 0.1) is 5.92 Å². The van der Waals surface area contributed by atoms with Gasteiger partial charge in [0.25, 0.3) is 0 Å². The molecule has 2 aromatic heterocycles. The maximum absolute atomic E-state index is 5.99. The molecule has 0 radical (unpaired) electrons. The number of nitrogens with one attached hydrogen (secondary N) is 1. The maximum atomic E-state index is 5.99. The summed E-state index contributed by atoms with van der Waals surface area (Å²) >= 11 is 0. The first-order valence-electron chi connectivity index (χ1n) is 10.1. The largest absolute Gasteiger partial charge is 0.376 e. The fourth-order valence-corrected chi connectivity index (χ4v) is 4.28. The Balaban J connectivity index is 1.39. The van der Waals surface area contributed by atoms with Crippen molar-refractivity contribution in [3.05, 3.63) is 31.1 Å². The van der Waals surface area contributed by atoms with Gasteiger partial charge in [-0.15, -0.1) is 0 Å². The van der Waals surface area contributed by atoms with Crippen LogP contribution in [0.5, 0.6) is 0 Å². The summed E-state index contributed by atoms with van der Waals surface area (Å²) in [5.41, 5.74) is 0. The Kier molecular flexibility index (Phi) is 5.57. The Bertz CT molecular complexity index is 711. The van der Waals surface area contributed by atoms with Crippen LogP contribution in [0.15, 0.2) is 31.1 Å². The van der Waals surface area contributed by atoms with Gasteiger partial charge in [-0.25, -0.2) is 15.0 Å². The monoisotopic (exact) mass is 370 g/mol. The van der Waals surface area contributed by atoms with E-state index in [0.29, 0.717) is 18.0 Å². The van der Waals surface area contributed by atoms with E-state index in [-0.39, 0.29) is 6.10 Å². The highest BCUT2D eigenvalue weighted by molar-refractivity contribution is 5.49. The normalized spacial score (nSPS) is 24.3. The van der Waals surface area contributed by atoms with E-state index in [1.165, 1.54) is 0 Å².